The van der Waals surface area contributed by atoms with Gasteiger partial charge < -0.3 is 4.57 Å². The van der Waals surface area contributed by atoms with Gasteiger partial charge in [-0.15, -0.1) is 0 Å². The minimum absolute atomic E-state index is 0.337. The van der Waals surface area contributed by atoms with Gasteiger partial charge in [-0.25, -0.2) is 4.98 Å². The van der Waals surface area contributed by atoms with Crippen LogP contribution in [0.1, 0.15) is 10.6 Å². The Balaban J connectivity index is 2.93. The lowest BCUT2D eigenvalue weighted by atomic mass is 10.3. The number of hydrogen-bond acceptors (Lipinski definition) is 2. The Morgan fingerprint density at radius 1 is 1.43 bits per heavy atom. The minimum atomic E-state index is 0.337. The number of halogens is 2. The number of carbonyl (C=O) groups is 1. The Morgan fingerprint density at radius 3 is 2.79 bits per heavy atom. The Morgan fingerprint density at radius 2 is 2.14 bits per heavy atom. The van der Waals surface area contributed by atoms with E-state index in [1.165, 1.54) is 0 Å². The third-order valence-corrected chi connectivity index (χ3v) is 2.86. The Kier molecular flexibility index (Phi) is 2.21. The van der Waals surface area contributed by atoms with Crippen LogP contribution in [0.15, 0.2) is 12.1 Å². The molecule has 0 bridgehead atoms. The lowest BCUT2D eigenvalue weighted by Gasteiger charge is -1.99. The second kappa shape index (κ2) is 3.26. The summed E-state index contributed by atoms with van der Waals surface area (Å²) in [6.45, 7) is 0. The Bertz CT molecular complexity index is 519. The van der Waals surface area contributed by atoms with Gasteiger partial charge in [0.15, 0.2) is 12.1 Å². The minimum Gasteiger partial charge on any atom is -0.324 e. The number of imidazole rings is 1. The molecule has 0 aliphatic carbocycles. The van der Waals surface area contributed by atoms with Crippen LogP contribution in [-0.2, 0) is 7.05 Å². The van der Waals surface area contributed by atoms with Crippen molar-refractivity contribution < 1.29 is 4.79 Å². The van der Waals surface area contributed by atoms with Crippen LogP contribution in [0.2, 0.25) is 10.0 Å². The van der Waals surface area contributed by atoms with E-state index in [0.29, 0.717) is 33.2 Å². The predicted molar refractivity (Wildman–Crippen MR) is 56.1 cm³/mol. The topological polar surface area (TPSA) is 34.9 Å². The van der Waals surface area contributed by atoms with Gasteiger partial charge >= 0.3 is 0 Å². The van der Waals surface area contributed by atoms with Crippen LogP contribution in [0.5, 0.6) is 0 Å². The summed E-state index contributed by atoms with van der Waals surface area (Å²) in [5.41, 5.74) is 1.35. The molecule has 1 aromatic carbocycles. The van der Waals surface area contributed by atoms with Gasteiger partial charge in [0.25, 0.3) is 0 Å². The molecule has 72 valence electrons. The fraction of sp³-hybridized carbons (Fsp3) is 0.111. The zero-order valence-corrected chi connectivity index (χ0v) is 8.80. The zero-order chi connectivity index (χ0) is 10.3. The van der Waals surface area contributed by atoms with Crippen molar-refractivity contribution >= 4 is 40.5 Å². The number of aryl methyl sites for hydroxylation is 1. The van der Waals surface area contributed by atoms with E-state index >= 15 is 0 Å². The van der Waals surface area contributed by atoms with Crippen molar-refractivity contribution in [1.29, 1.82) is 0 Å². The summed E-state index contributed by atoms with van der Waals surface area (Å²) < 4.78 is 1.62. The molecule has 2 rings (SSSR count). The number of nitrogens with zero attached hydrogens (tertiary/aromatic N) is 2. The highest BCUT2D eigenvalue weighted by molar-refractivity contribution is 6.45. The Labute approximate surface area is 90.2 Å². The maximum Gasteiger partial charge on any atom is 0.185 e. The number of fused-ring (bicyclic) bond motifs is 1. The van der Waals surface area contributed by atoms with Crippen LogP contribution in [0, 0.1) is 0 Å². The van der Waals surface area contributed by atoms with Crippen LogP contribution in [0.4, 0.5) is 0 Å². The molecule has 1 heterocycles. The third kappa shape index (κ3) is 1.21. The van der Waals surface area contributed by atoms with Crippen LogP contribution in [-0.4, -0.2) is 15.8 Å². The van der Waals surface area contributed by atoms with Crippen LogP contribution in [0.3, 0.4) is 0 Å². The molecule has 0 amide bonds. The highest BCUT2D eigenvalue weighted by atomic mass is 35.5. The molecule has 1 aromatic heterocycles. The van der Waals surface area contributed by atoms with Gasteiger partial charge in [0.2, 0.25) is 0 Å². The second-order valence-corrected chi connectivity index (χ2v) is 3.66. The zero-order valence-electron chi connectivity index (χ0n) is 7.29. The molecule has 0 spiro atoms. The van der Waals surface area contributed by atoms with Gasteiger partial charge in [0.1, 0.15) is 0 Å². The van der Waals surface area contributed by atoms with E-state index in [4.69, 9.17) is 23.2 Å². The molecule has 0 aliphatic heterocycles. The molecule has 0 saturated heterocycles. The number of benzene rings is 1. The van der Waals surface area contributed by atoms with Gasteiger partial charge in [-0.05, 0) is 12.1 Å². The van der Waals surface area contributed by atoms with Crippen molar-refractivity contribution in [2.45, 2.75) is 0 Å². The molecule has 14 heavy (non-hydrogen) atoms. The maximum absolute atomic E-state index is 10.6. The molecule has 2 aromatic rings. The first-order valence-electron chi connectivity index (χ1n) is 3.90. The van der Waals surface area contributed by atoms with Gasteiger partial charge in [0.05, 0.1) is 21.1 Å². The summed E-state index contributed by atoms with van der Waals surface area (Å²) in [7, 11) is 1.72. The summed E-state index contributed by atoms with van der Waals surface area (Å²) in [4.78, 5) is 14.7. The molecule has 0 fully saturated rings. The Hall–Kier alpha value is -1.06. The van der Waals surface area contributed by atoms with E-state index in [2.05, 4.69) is 4.98 Å². The smallest absolute Gasteiger partial charge is 0.185 e. The van der Waals surface area contributed by atoms with Crippen molar-refractivity contribution in [2.75, 3.05) is 0 Å². The molecular weight excluding hydrogens is 223 g/mol. The van der Waals surface area contributed by atoms with Gasteiger partial charge in [-0.1, -0.05) is 23.2 Å². The van der Waals surface area contributed by atoms with Crippen molar-refractivity contribution in [3.8, 4) is 0 Å². The third-order valence-electron chi connectivity index (χ3n) is 2.07. The number of hydrogen-bond donors (Lipinski definition) is 0. The molecule has 5 heteroatoms. The standard InChI is InChI=1S/C9H6Cl2N2O/c1-13-7(4-14)12-6-3-2-5(10)8(11)9(6)13/h2-4H,1H3. The summed E-state index contributed by atoms with van der Waals surface area (Å²) >= 11 is 11.8. The summed E-state index contributed by atoms with van der Waals surface area (Å²) in [6, 6.07) is 3.39. The molecule has 0 radical (unpaired) electrons. The fourth-order valence-electron chi connectivity index (χ4n) is 1.36. The average Bonchev–Trinajstić information content (AvgIpc) is 2.50. The lowest BCUT2D eigenvalue weighted by molar-refractivity contribution is 0.111. The van der Waals surface area contributed by atoms with Crippen LogP contribution in [0.25, 0.3) is 11.0 Å². The predicted octanol–water partition coefficient (Wildman–Crippen LogP) is 2.69. The maximum atomic E-state index is 10.6. The van der Waals surface area contributed by atoms with E-state index in [9.17, 15) is 4.79 Å². The van der Waals surface area contributed by atoms with E-state index in [1.54, 1.807) is 23.7 Å². The first-order valence-corrected chi connectivity index (χ1v) is 4.66. The highest BCUT2D eigenvalue weighted by Crippen LogP contribution is 2.30. The molecule has 0 atom stereocenters. The molecule has 3 nitrogen and oxygen atoms in total. The average molecular weight is 229 g/mol. The normalized spacial score (nSPS) is 10.8. The number of carbonyl (C=O) groups excluding carboxylic acids is 1. The monoisotopic (exact) mass is 228 g/mol. The molecule has 0 aliphatic rings. The van der Waals surface area contributed by atoms with E-state index in [1.807, 2.05) is 0 Å². The quantitative estimate of drug-likeness (QED) is 0.704. The van der Waals surface area contributed by atoms with Crippen LogP contribution >= 0.6 is 23.2 Å². The van der Waals surface area contributed by atoms with Crippen molar-refractivity contribution in [2.24, 2.45) is 7.05 Å². The number of aromatic nitrogens is 2. The summed E-state index contributed by atoms with van der Waals surface area (Å²) in [6.07, 6.45) is 0.685. The van der Waals surface area contributed by atoms with Gasteiger partial charge in [-0.2, -0.15) is 0 Å². The SMILES string of the molecule is Cn1c(C=O)nc2ccc(Cl)c(Cl)c21. The second-order valence-electron chi connectivity index (χ2n) is 2.88. The molecule has 0 N–H and O–H groups in total. The number of rotatable bonds is 1. The van der Waals surface area contributed by atoms with Crippen molar-refractivity contribution in [1.82, 2.24) is 9.55 Å². The fourth-order valence-corrected chi connectivity index (χ4v) is 1.80. The lowest BCUT2D eigenvalue weighted by Crippen LogP contribution is -1.95. The first kappa shape index (κ1) is 9.49. The molecule has 0 unspecified atom stereocenters. The molecular formula is C9H6Cl2N2O. The van der Waals surface area contributed by atoms with Crippen molar-refractivity contribution in [3.05, 3.63) is 28.0 Å². The molecule has 0 saturated carbocycles. The first-order chi connectivity index (χ1) is 6.65. The van der Waals surface area contributed by atoms with E-state index in [-0.39, 0.29) is 0 Å². The highest BCUT2D eigenvalue weighted by Gasteiger charge is 2.11. The summed E-state index contributed by atoms with van der Waals surface area (Å²) in [5.74, 6) is 0.337. The van der Waals surface area contributed by atoms with E-state index in [0.717, 1.165) is 0 Å². The van der Waals surface area contributed by atoms with Gasteiger partial charge in [0, 0.05) is 7.05 Å². The van der Waals surface area contributed by atoms with Crippen LogP contribution < -0.4 is 0 Å². The van der Waals surface area contributed by atoms with Gasteiger partial charge in [-0.3, -0.25) is 4.79 Å². The van der Waals surface area contributed by atoms with Crippen molar-refractivity contribution in [3.63, 3.8) is 0 Å². The largest absolute Gasteiger partial charge is 0.324 e. The van der Waals surface area contributed by atoms with E-state index < -0.39 is 0 Å². The number of aldehydes is 1. The summed E-state index contributed by atoms with van der Waals surface area (Å²) in [5, 5.41) is 0.881.